The zero-order valence-corrected chi connectivity index (χ0v) is 10.0. The van der Waals surface area contributed by atoms with Gasteiger partial charge in [0.1, 0.15) is 5.78 Å². The lowest BCUT2D eigenvalue weighted by Gasteiger charge is -2.36. The topological polar surface area (TPSA) is 20.3 Å². The third-order valence-corrected chi connectivity index (χ3v) is 4.29. The molecule has 0 radical (unpaired) electrons. The molecule has 15 heavy (non-hydrogen) atoms. The first-order chi connectivity index (χ1) is 7.16. The van der Waals surface area contributed by atoms with Crippen LogP contribution < -0.4 is 0 Å². The molecular weight excluding hydrogens is 186 g/mol. The van der Waals surface area contributed by atoms with Crippen LogP contribution in [0, 0.1) is 17.8 Å². The van der Waals surface area contributed by atoms with Crippen LogP contribution in [0.5, 0.6) is 0 Å². The number of carbonyl (C=O) groups is 1. The van der Waals surface area contributed by atoms with Crippen molar-refractivity contribution in [1.29, 1.82) is 0 Å². The minimum Gasteiger partial charge on any atom is -0.306 e. The zero-order chi connectivity index (χ0) is 10.8. The van der Waals surface area contributed by atoms with Gasteiger partial charge in [-0.05, 0) is 57.7 Å². The molecule has 0 spiro atoms. The van der Waals surface area contributed by atoms with Gasteiger partial charge in [-0.15, -0.1) is 0 Å². The third kappa shape index (κ3) is 2.60. The van der Waals surface area contributed by atoms with Crippen LogP contribution in [0.1, 0.15) is 39.0 Å². The summed E-state index contributed by atoms with van der Waals surface area (Å²) in [6.45, 7) is 4.67. The summed E-state index contributed by atoms with van der Waals surface area (Å²) in [5, 5.41) is 0. The molecular formula is C13H23NO. The molecule has 0 amide bonds. The summed E-state index contributed by atoms with van der Waals surface area (Å²) < 4.78 is 0. The second kappa shape index (κ2) is 4.65. The molecule has 0 bridgehead atoms. The van der Waals surface area contributed by atoms with Gasteiger partial charge in [0.15, 0.2) is 0 Å². The van der Waals surface area contributed by atoms with Gasteiger partial charge in [-0.1, -0.05) is 6.92 Å². The minimum absolute atomic E-state index is 0.405. The number of hydrogen-bond donors (Lipinski definition) is 0. The predicted molar refractivity (Wildman–Crippen MR) is 61.7 cm³/mol. The minimum atomic E-state index is 0.405. The number of nitrogens with zero attached hydrogens (tertiary/aromatic N) is 1. The molecule has 1 aliphatic carbocycles. The number of ketones is 1. The Kier molecular flexibility index (Phi) is 3.45. The Morgan fingerprint density at radius 1 is 1.20 bits per heavy atom. The number of rotatable bonds is 1. The summed E-state index contributed by atoms with van der Waals surface area (Å²) in [4.78, 5) is 14.3. The van der Waals surface area contributed by atoms with E-state index in [4.69, 9.17) is 0 Å². The van der Waals surface area contributed by atoms with Gasteiger partial charge in [0, 0.05) is 12.3 Å². The maximum absolute atomic E-state index is 11.9. The monoisotopic (exact) mass is 209 g/mol. The van der Waals surface area contributed by atoms with Crippen molar-refractivity contribution >= 4 is 5.78 Å². The van der Waals surface area contributed by atoms with Gasteiger partial charge in [-0.3, -0.25) is 4.79 Å². The Morgan fingerprint density at radius 3 is 2.53 bits per heavy atom. The van der Waals surface area contributed by atoms with E-state index in [2.05, 4.69) is 18.9 Å². The summed E-state index contributed by atoms with van der Waals surface area (Å²) in [5.41, 5.74) is 0. The van der Waals surface area contributed by atoms with E-state index >= 15 is 0 Å². The summed E-state index contributed by atoms with van der Waals surface area (Å²) in [5.74, 6) is 2.42. The molecule has 1 saturated heterocycles. The van der Waals surface area contributed by atoms with Crippen molar-refractivity contribution < 1.29 is 4.79 Å². The number of Topliss-reactive ketones (excluding diaryl/α,β-unsaturated/α-hetero) is 1. The van der Waals surface area contributed by atoms with Crippen LogP contribution >= 0.6 is 0 Å². The lowest BCUT2D eigenvalue weighted by Crippen LogP contribution is -2.38. The van der Waals surface area contributed by atoms with Crippen LogP contribution in [0.2, 0.25) is 0 Å². The average molecular weight is 209 g/mol. The van der Waals surface area contributed by atoms with Gasteiger partial charge < -0.3 is 4.90 Å². The van der Waals surface area contributed by atoms with Gasteiger partial charge in [0.25, 0.3) is 0 Å². The van der Waals surface area contributed by atoms with E-state index in [1.54, 1.807) is 0 Å². The summed E-state index contributed by atoms with van der Waals surface area (Å²) >= 11 is 0. The van der Waals surface area contributed by atoms with Crippen molar-refractivity contribution in [2.75, 3.05) is 20.1 Å². The highest BCUT2D eigenvalue weighted by Gasteiger charge is 2.34. The fourth-order valence-electron chi connectivity index (χ4n) is 3.14. The second-order valence-electron chi connectivity index (χ2n) is 5.59. The van der Waals surface area contributed by atoms with E-state index in [0.717, 1.165) is 25.2 Å². The van der Waals surface area contributed by atoms with Crippen molar-refractivity contribution in [1.82, 2.24) is 4.90 Å². The SMILES string of the molecule is CC1CCC(=O)C(C2CCN(C)CC2)C1. The van der Waals surface area contributed by atoms with Crippen molar-refractivity contribution in [3.05, 3.63) is 0 Å². The summed E-state index contributed by atoms with van der Waals surface area (Å²) in [6, 6.07) is 0. The van der Waals surface area contributed by atoms with Gasteiger partial charge in [-0.25, -0.2) is 0 Å². The smallest absolute Gasteiger partial charge is 0.136 e. The van der Waals surface area contributed by atoms with E-state index in [1.165, 1.54) is 25.9 Å². The first kappa shape index (κ1) is 11.1. The van der Waals surface area contributed by atoms with Crippen molar-refractivity contribution in [3.8, 4) is 0 Å². The van der Waals surface area contributed by atoms with Gasteiger partial charge in [-0.2, -0.15) is 0 Å². The quantitative estimate of drug-likeness (QED) is 0.660. The Labute approximate surface area is 93.0 Å². The normalized spacial score (nSPS) is 35.7. The van der Waals surface area contributed by atoms with E-state index in [9.17, 15) is 4.79 Å². The first-order valence-electron chi connectivity index (χ1n) is 6.38. The van der Waals surface area contributed by atoms with Crippen LogP contribution in [0.25, 0.3) is 0 Å². The first-order valence-corrected chi connectivity index (χ1v) is 6.38. The van der Waals surface area contributed by atoms with Crippen LogP contribution in [0.15, 0.2) is 0 Å². The summed E-state index contributed by atoms with van der Waals surface area (Å²) in [6.07, 6.45) is 5.60. The zero-order valence-electron chi connectivity index (χ0n) is 10.0. The Balaban J connectivity index is 1.93. The molecule has 1 heterocycles. The molecule has 2 fully saturated rings. The van der Waals surface area contributed by atoms with E-state index in [1.807, 2.05) is 0 Å². The largest absolute Gasteiger partial charge is 0.306 e. The molecule has 0 aromatic carbocycles. The third-order valence-electron chi connectivity index (χ3n) is 4.29. The number of carbonyl (C=O) groups excluding carboxylic acids is 1. The predicted octanol–water partition coefficient (Wildman–Crippen LogP) is 2.33. The molecule has 86 valence electrons. The molecule has 2 nitrogen and oxygen atoms in total. The Morgan fingerprint density at radius 2 is 1.87 bits per heavy atom. The van der Waals surface area contributed by atoms with Gasteiger partial charge in [0.05, 0.1) is 0 Å². The second-order valence-corrected chi connectivity index (χ2v) is 5.59. The van der Waals surface area contributed by atoms with E-state index in [0.29, 0.717) is 17.6 Å². The number of likely N-dealkylation sites (tertiary alicyclic amines) is 1. The fraction of sp³-hybridized carbons (Fsp3) is 0.923. The van der Waals surface area contributed by atoms with E-state index < -0.39 is 0 Å². The summed E-state index contributed by atoms with van der Waals surface area (Å²) in [7, 11) is 2.18. The van der Waals surface area contributed by atoms with Gasteiger partial charge in [0.2, 0.25) is 0 Å². The molecule has 0 aromatic rings. The van der Waals surface area contributed by atoms with Crippen LogP contribution in [0.3, 0.4) is 0 Å². The molecule has 0 N–H and O–H groups in total. The molecule has 0 aromatic heterocycles. The molecule has 2 rings (SSSR count). The van der Waals surface area contributed by atoms with Crippen molar-refractivity contribution in [2.45, 2.75) is 39.0 Å². The molecule has 2 aliphatic rings. The van der Waals surface area contributed by atoms with Crippen LogP contribution in [0.4, 0.5) is 0 Å². The number of hydrogen-bond acceptors (Lipinski definition) is 2. The van der Waals surface area contributed by atoms with Crippen LogP contribution in [-0.2, 0) is 4.79 Å². The number of piperidine rings is 1. The maximum Gasteiger partial charge on any atom is 0.136 e. The molecule has 2 unspecified atom stereocenters. The standard InChI is InChI=1S/C13H23NO/c1-10-3-4-13(15)12(9-10)11-5-7-14(2)8-6-11/h10-12H,3-9H2,1-2H3. The molecule has 2 atom stereocenters. The molecule has 2 heteroatoms. The lowest BCUT2D eigenvalue weighted by atomic mass is 9.72. The van der Waals surface area contributed by atoms with E-state index in [-0.39, 0.29) is 0 Å². The highest BCUT2D eigenvalue weighted by atomic mass is 16.1. The van der Waals surface area contributed by atoms with Crippen LogP contribution in [-0.4, -0.2) is 30.8 Å². The molecule has 1 saturated carbocycles. The van der Waals surface area contributed by atoms with Crippen molar-refractivity contribution in [2.24, 2.45) is 17.8 Å². The van der Waals surface area contributed by atoms with Gasteiger partial charge >= 0.3 is 0 Å². The van der Waals surface area contributed by atoms with Crippen molar-refractivity contribution in [3.63, 3.8) is 0 Å². The highest BCUT2D eigenvalue weighted by Crippen LogP contribution is 2.35. The fourth-order valence-corrected chi connectivity index (χ4v) is 3.14. The maximum atomic E-state index is 11.9. The Hall–Kier alpha value is -0.370. The average Bonchev–Trinajstić information content (AvgIpc) is 2.23. The molecule has 1 aliphatic heterocycles. The Bertz CT molecular complexity index is 231. The lowest BCUT2D eigenvalue weighted by molar-refractivity contribution is -0.128. The highest BCUT2D eigenvalue weighted by molar-refractivity contribution is 5.82.